The van der Waals surface area contributed by atoms with Crippen LogP contribution >= 0.6 is 35.2 Å². The number of aromatic nitrogens is 4. The van der Waals surface area contributed by atoms with Crippen LogP contribution in [-0.4, -0.2) is 109 Å². The zero-order chi connectivity index (χ0) is 50.5. The molecule has 0 radical (unpaired) electrons. The minimum atomic E-state index is -5.94. The molecule has 1 aliphatic rings. The number of aliphatic hydroxyl groups is 2. The highest BCUT2D eigenvalue weighted by Gasteiger charge is 2.47. The molecule has 25 nitrogen and oxygen atoms in total. The number of imidazole rings is 1. The monoisotopic (exact) mass is 1040 g/mol. The molecule has 380 valence electrons. The van der Waals surface area contributed by atoms with Crippen molar-refractivity contribution >= 4 is 74.9 Å². The minimum Gasteiger partial charge on any atom is -0.790 e. The fourth-order valence-corrected chi connectivity index (χ4v) is 9.35. The van der Waals surface area contributed by atoms with Gasteiger partial charge in [0.15, 0.2) is 22.8 Å². The van der Waals surface area contributed by atoms with E-state index in [1.807, 2.05) is 18.2 Å². The third-order valence-corrected chi connectivity index (χ3v) is 13.3. The number of nitrogens with zero attached hydrogens (tertiary/aromatic N) is 4. The molecule has 7 atom stereocenters. The third-order valence-electron chi connectivity index (χ3n) is 9.39. The quantitative estimate of drug-likeness (QED) is 0.0300. The van der Waals surface area contributed by atoms with Gasteiger partial charge in [0, 0.05) is 37.1 Å². The maximum Gasteiger partial charge on any atom is 0.274 e. The van der Waals surface area contributed by atoms with Gasteiger partial charge in [-0.15, -0.1) is 0 Å². The van der Waals surface area contributed by atoms with Crippen LogP contribution in [0.4, 0.5) is 5.82 Å². The van der Waals surface area contributed by atoms with Crippen molar-refractivity contribution < 1.29 is 85.3 Å². The number of rotatable bonds is 31. The van der Waals surface area contributed by atoms with Crippen molar-refractivity contribution in [2.45, 2.75) is 103 Å². The number of ether oxygens (including phenoxy) is 1. The number of anilines is 1. The summed E-state index contributed by atoms with van der Waals surface area (Å²) in [6, 6.07) is 0. The molecule has 3 heterocycles. The van der Waals surface area contributed by atoms with Crippen LogP contribution in [0.25, 0.3) is 11.2 Å². The molecule has 2 aromatic heterocycles. The normalized spacial score (nSPS) is 20.4. The van der Waals surface area contributed by atoms with Gasteiger partial charge in [-0.25, -0.2) is 19.3 Å². The average Bonchev–Trinajstić information content (AvgIpc) is 3.82. The number of thioether (sulfide) groups is 1. The van der Waals surface area contributed by atoms with E-state index in [0.717, 1.165) is 54.7 Å². The SMILES string of the molecule is CC/C=C\C/C=C\C/C=C\C/C=C\CCC(=O)CC(=O)SCCNC(=O)CCNC(=O)[C@H](O)C(C)(C)COP(=O)([O-])OP(=O)([O-])OC[C@H]1O[C@@H](n2cnc3c(N)ncnc32)[C@H](O)[C@@H]1OP(=O)([O-])[O-]. The van der Waals surface area contributed by atoms with E-state index in [-0.39, 0.29) is 66.0 Å². The Hall–Kier alpha value is -3.81. The molecular weight excluding hydrogens is 979 g/mol. The lowest BCUT2D eigenvalue weighted by atomic mass is 9.87. The Balaban J connectivity index is 1.34. The van der Waals surface area contributed by atoms with Crippen molar-refractivity contribution in [3.05, 3.63) is 61.3 Å². The number of carbonyl (C=O) groups is 4. The zero-order valence-electron chi connectivity index (χ0n) is 37.4. The molecule has 1 fully saturated rings. The standard InChI is InChI=1S/C39H60N7O18P3S/c1-4-5-6-7-8-9-10-11-12-13-14-15-16-17-27(47)22-30(49)68-21-20-41-29(48)18-19-42-37(52)34(51)39(2,3)24-61-67(58,59)64-66(56,57)60-23-28-33(63-65(53,54)55)32(50)38(62-28)46-26-45-31-35(40)43-25-44-36(31)46/h5-6,8-9,11-12,14-15,25-26,28,32-34,38,50-51H,4,7,10,13,16-24H2,1-3H3,(H,41,48)(H,42,52)(H,56,57)(H,58,59)(H2,40,43,44)(H2,53,54,55)/p-4/b6-5-,9-8-,12-11-,15-14-/t28-,32-,33-,34+,38-/m1/s1. The molecule has 0 aromatic carbocycles. The van der Waals surface area contributed by atoms with Crippen molar-refractivity contribution in [2.24, 2.45) is 5.41 Å². The van der Waals surface area contributed by atoms with E-state index in [9.17, 15) is 62.7 Å². The largest absolute Gasteiger partial charge is 0.790 e. The molecule has 2 amide bonds. The van der Waals surface area contributed by atoms with Crippen LogP contribution in [0, 0.1) is 5.41 Å². The van der Waals surface area contributed by atoms with Crippen LogP contribution in [0.15, 0.2) is 61.3 Å². The maximum atomic E-state index is 12.6. The summed E-state index contributed by atoms with van der Waals surface area (Å²) < 4.78 is 60.7. The van der Waals surface area contributed by atoms with E-state index in [1.165, 1.54) is 13.8 Å². The second-order valence-corrected chi connectivity index (χ2v) is 20.7. The molecule has 2 aromatic rings. The van der Waals surface area contributed by atoms with Gasteiger partial charge in [-0.2, -0.15) is 0 Å². The summed E-state index contributed by atoms with van der Waals surface area (Å²) in [4.78, 5) is 109. The number of nitrogens with two attached hydrogens (primary N) is 1. The molecule has 0 aliphatic carbocycles. The first-order valence-electron chi connectivity index (χ1n) is 21.0. The molecule has 29 heteroatoms. The molecule has 0 bridgehead atoms. The second-order valence-electron chi connectivity index (χ2n) is 15.5. The first kappa shape index (κ1) is 58.5. The Morgan fingerprint density at radius 2 is 1.56 bits per heavy atom. The zero-order valence-corrected chi connectivity index (χ0v) is 40.9. The molecule has 2 unspecified atom stereocenters. The fourth-order valence-electron chi connectivity index (χ4n) is 5.91. The highest BCUT2D eigenvalue weighted by Crippen LogP contribution is 2.56. The summed E-state index contributed by atoms with van der Waals surface area (Å²) in [6.07, 6.45) is 12.7. The molecule has 1 saturated heterocycles. The fraction of sp³-hybridized carbons (Fsp3) is 0.564. The molecular formula is C39H56N7O18P3S-4. The highest BCUT2D eigenvalue weighted by atomic mass is 32.2. The van der Waals surface area contributed by atoms with E-state index in [1.54, 1.807) is 0 Å². The number of aliphatic hydroxyl groups excluding tert-OH is 2. The van der Waals surface area contributed by atoms with Crippen molar-refractivity contribution in [3.63, 3.8) is 0 Å². The van der Waals surface area contributed by atoms with Gasteiger partial charge in [0.2, 0.25) is 11.8 Å². The summed E-state index contributed by atoms with van der Waals surface area (Å²) in [5.74, 6) is -1.65. The number of fused-ring (bicyclic) bond motifs is 1. The van der Waals surface area contributed by atoms with Crippen molar-refractivity contribution in [1.82, 2.24) is 30.2 Å². The number of phosphoric ester groups is 3. The Labute approximate surface area is 396 Å². The summed E-state index contributed by atoms with van der Waals surface area (Å²) in [6.45, 7) is 1.97. The van der Waals surface area contributed by atoms with Crippen molar-refractivity contribution in [3.8, 4) is 0 Å². The average molecular weight is 1040 g/mol. The predicted molar refractivity (Wildman–Crippen MR) is 238 cm³/mol. The number of allylic oxidation sites excluding steroid dienone is 8. The number of phosphoric acid groups is 3. The van der Waals surface area contributed by atoms with Gasteiger partial charge in [-0.3, -0.25) is 32.9 Å². The lowest BCUT2D eigenvalue weighted by Crippen LogP contribution is -2.46. The van der Waals surface area contributed by atoms with E-state index in [0.29, 0.717) is 6.42 Å². The number of hydrogen-bond acceptors (Lipinski definition) is 23. The molecule has 68 heavy (non-hydrogen) atoms. The van der Waals surface area contributed by atoms with E-state index in [4.69, 9.17) is 10.5 Å². The lowest BCUT2D eigenvalue weighted by Gasteiger charge is -2.36. The van der Waals surface area contributed by atoms with Gasteiger partial charge in [0.1, 0.15) is 42.0 Å². The van der Waals surface area contributed by atoms with E-state index >= 15 is 0 Å². The summed E-state index contributed by atoms with van der Waals surface area (Å²) >= 11 is 0.892. The Morgan fingerprint density at radius 1 is 0.926 bits per heavy atom. The van der Waals surface area contributed by atoms with Crippen LogP contribution in [0.3, 0.4) is 0 Å². The Kier molecular flexibility index (Phi) is 24.2. The van der Waals surface area contributed by atoms with Gasteiger partial charge in [-0.05, 0) is 32.1 Å². The number of nitrogen functional groups attached to an aromatic ring is 1. The molecule has 0 saturated carbocycles. The summed E-state index contributed by atoms with van der Waals surface area (Å²) in [5, 5.41) is 25.9. The Morgan fingerprint density at radius 3 is 2.21 bits per heavy atom. The van der Waals surface area contributed by atoms with Crippen LogP contribution in [0.5, 0.6) is 0 Å². The maximum absolute atomic E-state index is 12.6. The topological polar surface area (TPSA) is 392 Å². The lowest BCUT2D eigenvalue weighted by molar-refractivity contribution is -0.347. The van der Waals surface area contributed by atoms with Crippen LogP contribution in [0.2, 0.25) is 0 Å². The highest BCUT2D eigenvalue weighted by molar-refractivity contribution is 8.13. The first-order valence-corrected chi connectivity index (χ1v) is 26.4. The number of hydrogen-bond donors (Lipinski definition) is 5. The van der Waals surface area contributed by atoms with Crippen LogP contribution in [0.1, 0.15) is 78.4 Å². The number of ketones is 1. The van der Waals surface area contributed by atoms with E-state index < -0.39 is 84.6 Å². The predicted octanol–water partition coefficient (Wildman–Crippen LogP) is 0.681. The molecule has 3 rings (SSSR count). The van der Waals surface area contributed by atoms with Crippen LogP contribution < -0.4 is 35.9 Å². The number of carbonyl (C=O) groups excluding carboxylic acids is 4. The van der Waals surface area contributed by atoms with Gasteiger partial charge in [0.25, 0.3) is 15.6 Å². The number of nitrogens with one attached hydrogen (secondary N) is 2. The third kappa shape index (κ3) is 21.0. The van der Waals surface area contributed by atoms with Gasteiger partial charge < -0.3 is 69.0 Å². The number of Topliss-reactive ketones (excluding diaryl/α,β-unsaturated/α-hetero) is 1. The second kappa shape index (κ2) is 28.1. The Bertz CT molecular complexity index is 2270. The summed E-state index contributed by atoms with van der Waals surface area (Å²) in [5.41, 5.74) is 4.03. The van der Waals surface area contributed by atoms with Crippen LogP contribution in [-0.2, 0) is 55.5 Å². The van der Waals surface area contributed by atoms with Gasteiger partial charge in [0.05, 0.1) is 33.8 Å². The molecule has 6 N–H and O–H groups in total. The number of amides is 2. The van der Waals surface area contributed by atoms with E-state index in [2.05, 4.69) is 80.8 Å². The summed E-state index contributed by atoms with van der Waals surface area (Å²) in [7, 11) is -17.7. The molecule has 1 aliphatic heterocycles. The first-order chi connectivity index (χ1) is 31.9. The smallest absolute Gasteiger partial charge is 0.274 e. The van der Waals surface area contributed by atoms with Crippen molar-refractivity contribution in [2.75, 3.05) is 37.8 Å². The van der Waals surface area contributed by atoms with Gasteiger partial charge >= 0.3 is 0 Å². The van der Waals surface area contributed by atoms with Crippen molar-refractivity contribution in [1.29, 1.82) is 0 Å². The van der Waals surface area contributed by atoms with Gasteiger partial charge in [-0.1, -0.05) is 81.1 Å². The minimum absolute atomic E-state index is 0.0290. The molecule has 0 spiro atoms.